The van der Waals surface area contributed by atoms with E-state index in [9.17, 15) is 0 Å². The second kappa shape index (κ2) is 6.59. The lowest BCUT2D eigenvalue weighted by atomic mass is 10.1. The molecule has 0 fully saturated rings. The van der Waals surface area contributed by atoms with E-state index in [1.807, 2.05) is 6.07 Å². The third kappa shape index (κ3) is 3.98. The number of nitrogens with zero attached hydrogens (tertiary/aromatic N) is 1. The first-order valence-electron chi connectivity index (χ1n) is 6.13. The van der Waals surface area contributed by atoms with Crippen molar-refractivity contribution in [3.63, 3.8) is 0 Å². The molecule has 0 radical (unpaired) electrons. The number of aryl methyl sites for hydroxylation is 1. The van der Waals surface area contributed by atoms with Gasteiger partial charge < -0.3 is 10.5 Å². The van der Waals surface area contributed by atoms with E-state index in [0.717, 1.165) is 17.1 Å². The maximum atomic E-state index is 6.18. The van der Waals surface area contributed by atoms with Crippen molar-refractivity contribution in [1.82, 2.24) is 4.98 Å². The minimum absolute atomic E-state index is 0.0473. The van der Waals surface area contributed by atoms with E-state index in [1.54, 1.807) is 31.3 Å². The second-order valence-electron chi connectivity index (χ2n) is 4.39. The molecule has 1 atom stereocenters. The van der Waals surface area contributed by atoms with Gasteiger partial charge in [-0.2, -0.15) is 0 Å². The number of nitrogens with two attached hydrogens (primary N) is 1. The van der Waals surface area contributed by atoms with Crippen LogP contribution in [0.2, 0.25) is 0 Å². The van der Waals surface area contributed by atoms with E-state index in [0.29, 0.717) is 0 Å². The van der Waals surface area contributed by atoms with Crippen LogP contribution in [0.3, 0.4) is 0 Å². The number of rotatable bonds is 5. The fourth-order valence-electron chi connectivity index (χ4n) is 1.67. The van der Waals surface area contributed by atoms with Crippen LogP contribution in [0.1, 0.15) is 17.2 Å². The zero-order chi connectivity index (χ0) is 13.7. The summed E-state index contributed by atoms with van der Waals surface area (Å²) in [5.74, 6) is 1.56. The molecule has 0 amide bonds. The lowest BCUT2D eigenvalue weighted by Gasteiger charge is -2.12. The minimum Gasteiger partial charge on any atom is -0.495 e. The summed E-state index contributed by atoms with van der Waals surface area (Å²) in [4.78, 5) is 5.36. The molecule has 0 aliphatic rings. The highest BCUT2D eigenvalue weighted by molar-refractivity contribution is 7.99. The molecule has 0 aliphatic heterocycles. The highest BCUT2D eigenvalue weighted by Gasteiger charge is 2.08. The molecule has 100 valence electrons. The van der Waals surface area contributed by atoms with E-state index >= 15 is 0 Å². The average molecular weight is 274 g/mol. The summed E-state index contributed by atoms with van der Waals surface area (Å²) >= 11 is 1.75. The summed E-state index contributed by atoms with van der Waals surface area (Å²) in [6.07, 6.45) is 3.48. The Morgan fingerprint density at radius 1 is 1.26 bits per heavy atom. The fourth-order valence-corrected chi connectivity index (χ4v) is 2.56. The number of methoxy groups -OCH3 is 1. The van der Waals surface area contributed by atoms with Crippen LogP contribution in [0.4, 0.5) is 0 Å². The zero-order valence-corrected chi connectivity index (χ0v) is 12.0. The van der Waals surface area contributed by atoms with Crippen LogP contribution in [0.5, 0.6) is 5.75 Å². The summed E-state index contributed by atoms with van der Waals surface area (Å²) in [6.45, 7) is 2.09. The predicted octanol–water partition coefficient (Wildman–Crippen LogP) is 3.19. The van der Waals surface area contributed by atoms with Gasteiger partial charge in [0.05, 0.1) is 13.3 Å². The van der Waals surface area contributed by atoms with Gasteiger partial charge in [-0.3, -0.25) is 4.98 Å². The Morgan fingerprint density at radius 2 is 2.00 bits per heavy atom. The molecular formula is C15H18N2OS. The molecule has 1 unspecified atom stereocenters. The lowest BCUT2D eigenvalue weighted by molar-refractivity contribution is 0.412. The number of hydrogen-bond donors (Lipinski definition) is 1. The molecule has 2 N–H and O–H groups in total. The molecule has 1 aromatic heterocycles. The number of benzene rings is 1. The molecule has 0 aliphatic carbocycles. The van der Waals surface area contributed by atoms with Gasteiger partial charge in [-0.25, -0.2) is 0 Å². The second-order valence-corrected chi connectivity index (χ2v) is 5.48. The normalized spacial score (nSPS) is 12.2. The first-order chi connectivity index (χ1) is 9.19. The van der Waals surface area contributed by atoms with Crippen molar-refractivity contribution in [2.45, 2.75) is 17.9 Å². The molecule has 0 spiro atoms. The maximum absolute atomic E-state index is 6.18. The first-order valence-corrected chi connectivity index (χ1v) is 7.11. The predicted molar refractivity (Wildman–Crippen MR) is 79.6 cm³/mol. The van der Waals surface area contributed by atoms with Crippen molar-refractivity contribution in [2.75, 3.05) is 12.9 Å². The van der Waals surface area contributed by atoms with Crippen LogP contribution >= 0.6 is 11.8 Å². The van der Waals surface area contributed by atoms with Crippen molar-refractivity contribution < 1.29 is 4.74 Å². The van der Waals surface area contributed by atoms with Crippen LogP contribution in [0.25, 0.3) is 0 Å². The third-order valence-electron chi connectivity index (χ3n) is 2.85. The molecule has 0 bridgehead atoms. The monoisotopic (exact) mass is 274 g/mol. The molecule has 2 rings (SSSR count). The standard InChI is InChI=1S/C15H18N2OS/c1-11-3-5-14(6-4-11)19-10-15(16)12-7-13(18-2)9-17-8-12/h3-9,15H,10,16H2,1-2H3. The van der Waals surface area contributed by atoms with Gasteiger partial charge in [-0.05, 0) is 30.7 Å². The summed E-state index contributed by atoms with van der Waals surface area (Å²) in [5, 5.41) is 0. The smallest absolute Gasteiger partial charge is 0.137 e. The van der Waals surface area contributed by atoms with Gasteiger partial charge in [0.15, 0.2) is 0 Å². The number of hydrogen-bond acceptors (Lipinski definition) is 4. The summed E-state index contributed by atoms with van der Waals surface area (Å²) in [5.41, 5.74) is 8.45. The van der Waals surface area contributed by atoms with Crippen LogP contribution < -0.4 is 10.5 Å². The Labute approximate surface area is 118 Å². The van der Waals surface area contributed by atoms with Gasteiger partial charge >= 0.3 is 0 Å². The Hall–Kier alpha value is -1.52. The van der Waals surface area contributed by atoms with Gasteiger partial charge in [-0.15, -0.1) is 11.8 Å². The van der Waals surface area contributed by atoms with Crippen molar-refractivity contribution in [3.8, 4) is 5.75 Å². The van der Waals surface area contributed by atoms with E-state index in [2.05, 4.69) is 36.2 Å². The molecule has 4 heteroatoms. The third-order valence-corrected chi connectivity index (χ3v) is 3.98. The maximum Gasteiger partial charge on any atom is 0.137 e. The molecule has 2 aromatic rings. The number of thioether (sulfide) groups is 1. The Morgan fingerprint density at radius 3 is 2.68 bits per heavy atom. The number of ether oxygens (including phenoxy) is 1. The quantitative estimate of drug-likeness (QED) is 0.851. The summed E-state index contributed by atoms with van der Waals surface area (Å²) in [6, 6.07) is 10.4. The van der Waals surface area contributed by atoms with Crippen molar-refractivity contribution >= 4 is 11.8 Å². The minimum atomic E-state index is -0.0473. The van der Waals surface area contributed by atoms with Gasteiger partial charge in [0, 0.05) is 22.9 Å². The zero-order valence-electron chi connectivity index (χ0n) is 11.2. The Balaban J connectivity index is 1.96. The summed E-state index contributed by atoms with van der Waals surface area (Å²) < 4.78 is 5.16. The van der Waals surface area contributed by atoms with Crippen LogP contribution in [-0.2, 0) is 0 Å². The molecule has 0 saturated carbocycles. The van der Waals surface area contributed by atoms with Gasteiger partial charge in [0.1, 0.15) is 5.75 Å². The SMILES string of the molecule is COc1cncc(C(N)CSc2ccc(C)cc2)c1. The largest absolute Gasteiger partial charge is 0.495 e. The van der Waals surface area contributed by atoms with Gasteiger partial charge in [0.25, 0.3) is 0 Å². The molecule has 1 heterocycles. The van der Waals surface area contributed by atoms with Crippen molar-refractivity contribution in [1.29, 1.82) is 0 Å². The topological polar surface area (TPSA) is 48.1 Å². The lowest BCUT2D eigenvalue weighted by Crippen LogP contribution is -2.13. The molecule has 0 saturated heterocycles. The summed E-state index contributed by atoms with van der Waals surface area (Å²) in [7, 11) is 1.63. The van der Waals surface area contributed by atoms with E-state index < -0.39 is 0 Å². The molecule has 19 heavy (non-hydrogen) atoms. The van der Waals surface area contributed by atoms with Crippen molar-refractivity contribution in [3.05, 3.63) is 53.9 Å². The number of aromatic nitrogens is 1. The van der Waals surface area contributed by atoms with E-state index in [4.69, 9.17) is 10.5 Å². The molecule has 1 aromatic carbocycles. The van der Waals surface area contributed by atoms with Crippen LogP contribution in [0, 0.1) is 6.92 Å². The van der Waals surface area contributed by atoms with Crippen LogP contribution in [-0.4, -0.2) is 17.8 Å². The first kappa shape index (κ1) is 13.9. The van der Waals surface area contributed by atoms with E-state index in [-0.39, 0.29) is 6.04 Å². The molecule has 3 nitrogen and oxygen atoms in total. The average Bonchev–Trinajstić information content (AvgIpc) is 2.46. The Bertz CT molecular complexity index is 528. The van der Waals surface area contributed by atoms with Gasteiger partial charge in [0.2, 0.25) is 0 Å². The van der Waals surface area contributed by atoms with Gasteiger partial charge in [-0.1, -0.05) is 17.7 Å². The highest BCUT2D eigenvalue weighted by Crippen LogP contribution is 2.24. The fraction of sp³-hybridized carbons (Fsp3) is 0.267. The highest BCUT2D eigenvalue weighted by atomic mass is 32.2. The van der Waals surface area contributed by atoms with Crippen LogP contribution in [0.15, 0.2) is 47.6 Å². The van der Waals surface area contributed by atoms with E-state index in [1.165, 1.54) is 10.5 Å². The number of pyridine rings is 1. The van der Waals surface area contributed by atoms with Crippen molar-refractivity contribution in [2.24, 2.45) is 5.73 Å². The molecular weight excluding hydrogens is 256 g/mol. The Kier molecular flexibility index (Phi) is 4.82.